The molecule has 0 radical (unpaired) electrons. The van der Waals surface area contributed by atoms with Crippen molar-refractivity contribution in [2.24, 2.45) is 0 Å². The van der Waals surface area contributed by atoms with Crippen LogP contribution in [0.2, 0.25) is 5.02 Å². The maximum absolute atomic E-state index is 12.2. The summed E-state index contributed by atoms with van der Waals surface area (Å²) in [4.78, 5) is 24.1. The van der Waals surface area contributed by atoms with E-state index in [0.29, 0.717) is 16.3 Å². The highest BCUT2D eigenvalue weighted by molar-refractivity contribution is 6.31. The molecule has 0 saturated heterocycles. The molecule has 0 heterocycles. The fraction of sp³-hybridized carbons (Fsp3) is 0.143. The molecule has 3 rings (SSSR count). The van der Waals surface area contributed by atoms with Crippen LogP contribution in [0.4, 0.5) is 0 Å². The van der Waals surface area contributed by atoms with Crippen molar-refractivity contribution >= 4 is 34.2 Å². The summed E-state index contributed by atoms with van der Waals surface area (Å²) >= 11 is 6.03. The summed E-state index contributed by atoms with van der Waals surface area (Å²) in [5.74, 6) is -0.233. The monoisotopic (exact) mass is 382 g/mol. The number of hydrazine groups is 1. The zero-order valence-electron chi connectivity index (χ0n) is 14.7. The van der Waals surface area contributed by atoms with Gasteiger partial charge in [-0.3, -0.25) is 20.4 Å². The molecule has 3 aromatic rings. The Morgan fingerprint density at radius 2 is 1.67 bits per heavy atom. The lowest BCUT2D eigenvalue weighted by molar-refractivity contribution is -0.132. The first kappa shape index (κ1) is 18.7. The fourth-order valence-corrected chi connectivity index (χ4v) is 2.79. The van der Waals surface area contributed by atoms with Crippen molar-refractivity contribution in [2.75, 3.05) is 0 Å². The minimum absolute atomic E-state index is 0.0693. The topological polar surface area (TPSA) is 67.4 Å². The van der Waals surface area contributed by atoms with Gasteiger partial charge in [-0.05, 0) is 41.5 Å². The van der Waals surface area contributed by atoms with Crippen LogP contribution in [0.5, 0.6) is 5.75 Å². The van der Waals surface area contributed by atoms with Gasteiger partial charge in [0.05, 0.1) is 6.42 Å². The summed E-state index contributed by atoms with van der Waals surface area (Å²) in [6.07, 6.45) is -0.702. The molecule has 0 bridgehead atoms. The molecule has 0 saturated carbocycles. The van der Waals surface area contributed by atoms with Gasteiger partial charge in [0.15, 0.2) is 6.10 Å². The Bertz CT molecular complexity index is 974. The lowest BCUT2D eigenvalue weighted by Gasteiger charge is -2.15. The summed E-state index contributed by atoms with van der Waals surface area (Å²) in [5.41, 5.74) is 5.44. The van der Waals surface area contributed by atoms with Crippen molar-refractivity contribution in [1.29, 1.82) is 0 Å². The number of carbonyl (C=O) groups excluding carboxylic acids is 2. The Balaban J connectivity index is 1.52. The zero-order chi connectivity index (χ0) is 19.2. The quantitative estimate of drug-likeness (QED) is 0.662. The number of nitrogens with one attached hydrogen (secondary N) is 2. The van der Waals surface area contributed by atoms with Crippen molar-refractivity contribution in [3.05, 3.63) is 77.3 Å². The van der Waals surface area contributed by atoms with Crippen LogP contribution in [0.15, 0.2) is 66.7 Å². The minimum Gasteiger partial charge on any atom is -0.481 e. The SMILES string of the molecule is CC(Oc1ccc2ccccc2c1)C(=O)NNC(=O)Cc1ccccc1Cl. The number of hydrogen-bond donors (Lipinski definition) is 2. The largest absolute Gasteiger partial charge is 0.481 e. The number of carbonyl (C=O) groups is 2. The van der Waals surface area contributed by atoms with Crippen LogP contribution in [0.3, 0.4) is 0 Å². The van der Waals surface area contributed by atoms with E-state index in [1.54, 1.807) is 31.2 Å². The zero-order valence-corrected chi connectivity index (χ0v) is 15.5. The third-order valence-electron chi connectivity index (χ3n) is 4.04. The molecule has 0 aliphatic rings. The Labute approximate surface area is 162 Å². The van der Waals surface area contributed by atoms with Gasteiger partial charge in [0.25, 0.3) is 5.91 Å². The lowest BCUT2D eigenvalue weighted by atomic mass is 10.1. The first-order valence-electron chi connectivity index (χ1n) is 8.50. The van der Waals surface area contributed by atoms with E-state index in [9.17, 15) is 9.59 Å². The number of amides is 2. The van der Waals surface area contributed by atoms with Crippen molar-refractivity contribution in [3.63, 3.8) is 0 Å². The molecule has 0 fully saturated rings. The molecule has 0 aromatic heterocycles. The van der Waals surface area contributed by atoms with Crippen molar-refractivity contribution in [3.8, 4) is 5.75 Å². The molecular formula is C21H19ClN2O3. The minimum atomic E-state index is -0.772. The van der Waals surface area contributed by atoms with E-state index in [4.69, 9.17) is 16.3 Å². The van der Waals surface area contributed by atoms with Gasteiger partial charge in [-0.15, -0.1) is 0 Å². The maximum atomic E-state index is 12.2. The lowest BCUT2D eigenvalue weighted by Crippen LogP contribution is -2.47. The first-order valence-corrected chi connectivity index (χ1v) is 8.88. The van der Waals surface area contributed by atoms with E-state index >= 15 is 0 Å². The molecule has 0 aliphatic carbocycles. The normalized spacial score (nSPS) is 11.6. The van der Waals surface area contributed by atoms with Gasteiger partial charge >= 0.3 is 0 Å². The van der Waals surface area contributed by atoms with Crippen LogP contribution in [0, 0.1) is 0 Å². The first-order chi connectivity index (χ1) is 13.0. The van der Waals surface area contributed by atoms with Gasteiger partial charge in [0.1, 0.15) is 5.75 Å². The van der Waals surface area contributed by atoms with Gasteiger partial charge in [-0.1, -0.05) is 60.1 Å². The predicted octanol–water partition coefficient (Wildman–Crippen LogP) is 3.65. The molecule has 2 amide bonds. The maximum Gasteiger partial charge on any atom is 0.279 e. The van der Waals surface area contributed by atoms with Crippen molar-refractivity contribution in [1.82, 2.24) is 10.9 Å². The second kappa shape index (κ2) is 8.56. The number of benzene rings is 3. The summed E-state index contributed by atoms with van der Waals surface area (Å²) < 4.78 is 5.67. The second-order valence-corrected chi connectivity index (χ2v) is 6.48. The summed E-state index contributed by atoms with van der Waals surface area (Å²) in [6, 6.07) is 20.5. The number of halogens is 1. The summed E-state index contributed by atoms with van der Waals surface area (Å²) in [5, 5.41) is 2.62. The highest BCUT2D eigenvalue weighted by Crippen LogP contribution is 2.21. The van der Waals surface area contributed by atoms with Crippen LogP contribution < -0.4 is 15.6 Å². The number of rotatable bonds is 5. The van der Waals surface area contributed by atoms with Gasteiger partial charge in [0, 0.05) is 5.02 Å². The van der Waals surface area contributed by atoms with E-state index < -0.39 is 12.0 Å². The molecule has 0 aliphatic heterocycles. The fourth-order valence-electron chi connectivity index (χ4n) is 2.59. The van der Waals surface area contributed by atoms with Crippen molar-refractivity contribution in [2.45, 2.75) is 19.4 Å². The number of hydrogen-bond acceptors (Lipinski definition) is 3. The molecule has 27 heavy (non-hydrogen) atoms. The molecule has 2 N–H and O–H groups in total. The highest BCUT2D eigenvalue weighted by Gasteiger charge is 2.16. The summed E-state index contributed by atoms with van der Waals surface area (Å²) in [7, 11) is 0. The van der Waals surface area contributed by atoms with Crippen LogP contribution in [-0.2, 0) is 16.0 Å². The third kappa shape index (κ3) is 4.99. The number of ether oxygens (including phenoxy) is 1. The van der Waals surface area contributed by atoms with Crippen LogP contribution in [-0.4, -0.2) is 17.9 Å². The highest BCUT2D eigenvalue weighted by atomic mass is 35.5. The Morgan fingerprint density at radius 3 is 2.44 bits per heavy atom. The van der Waals surface area contributed by atoms with Crippen molar-refractivity contribution < 1.29 is 14.3 Å². The molecule has 138 valence electrons. The number of fused-ring (bicyclic) bond motifs is 1. The smallest absolute Gasteiger partial charge is 0.279 e. The molecule has 0 spiro atoms. The van der Waals surface area contributed by atoms with Gasteiger partial charge in [0.2, 0.25) is 5.91 Å². The molecule has 3 aromatic carbocycles. The average molecular weight is 383 g/mol. The molecular weight excluding hydrogens is 364 g/mol. The Kier molecular flexibility index (Phi) is 5.94. The van der Waals surface area contributed by atoms with Gasteiger partial charge < -0.3 is 4.74 Å². The van der Waals surface area contributed by atoms with Crippen LogP contribution in [0.1, 0.15) is 12.5 Å². The van der Waals surface area contributed by atoms with E-state index in [2.05, 4.69) is 10.9 Å². The Hall–Kier alpha value is -3.05. The average Bonchev–Trinajstić information content (AvgIpc) is 2.67. The van der Waals surface area contributed by atoms with Crippen LogP contribution >= 0.6 is 11.6 Å². The van der Waals surface area contributed by atoms with Gasteiger partial charge in [-0.25, -0.2) is 0 Å². The molecule has 1 unspecified atom stereocenters. The molecule has 6 heteroatoms. The van der Waals surface area contributed by atoms with E-state index in [1.807, 2.05) is 42.5 Å². The van der Waals surface area contributed by atoms with Crippen LogP contribution in [0.25, 0.3) is 10.8 Å². The molecule has 5 nitrogen and oxygen atoms in total. The predicted molar refractivity (Wildman–Crippen MR) is 105 cm³/mol. The molecule has 1 atom stereocenters. The third-order valence-corrected chi connectivity index (χ3v) is 4.41. The van der Waals surface area contributed by atoms with E-state index in [0.717, 1.165) is 10.8 Å². The van der Waals surface area contributed by atoms with E-state index in [-0.39, 0.29) is 12.3 Å². The Morgan fingerprint density at radius 1 is 0.963 bits per heavy atom. The van der Waals surface area contributed by atoms with E-state index in [1.165, 1.54) is 0 Å². The summed E-state index contributed by atoms with van der Waals surface area (Å²) in [6.45, 7) is 1.62. The van der Waals surface area contributed by atoms with Gasteiger partial charge in [-0.2, -0.15) is 0 Å². The second-order valence-electron chi connectivity index (χ2n) is 6.07. The standard InChI is InChI=1S/C21H19ClN2O3/c1-14(27-18-11-10-15-6-2-3-7-16(15)12-18)21(26)24-23-20(25)13-17-8-4-5-9-19(17)22/h2-12,14H,13H2,1H3,(H,23,25)(H,24,26).